The van der Waals surface area contributed by atoms with Gasteiger partial charge in [-0.1, -0.05) is 0 Å². The molecule has 4 heteroatoms. The molecule has 1 heterocycles. The average Bonchev–Trinajstić information content (AvgIpc) is 2.30. The summed E-state index contributed by atoms with van der Waals surface area (Å²) in [6.45, 7) is 0.876. The number of nitrogens with zero attached hydrogens (tertiary/aromatic N) is 1. The minimum Gasteiger partial charge on any atom is -0.481 e. The molecule has 1 aliphatic heterocycles. The van der Waals surface area contributed by atoms with Gasteiger partial charge >= 0.3 is 5.97 Å². The molecule has 0 radical (unpaired) electrons. The Labute approximate surface area is 95.6 Å². The number of aliphatic carboxylic acids is 1. The highest BCUT2D eigenvalue weighted by atomic mass is 16.4. The molecule has 0 aromatic carbocycles. The van der Waals surface area contributed by atoms with E-state index in [2.05, 4.69) is 0 Å². The molecule has 0 bridgehead atoms. The lowest BCUT2D eigenvalue weighted by Gasteiger charge is -2.38. The van der Waals surface area contributed by atoms with Crippen LogP contribution in [0.5, 0.6) is 0 Å². The van der Waals surface area contributed by atoms with E-state index in [1.807, 2.05) is 4.90 Å². The van der Waals surface area contributed by atoms with Gasteiger partial charge in [-0.3, -0.25) is 9.59 Å². The lowest BCUT2D eigenvalue weighted by Crippen LogP contribution is -2.45. The van der Waals surface area contributed by atoms with E-state index in [0.29, 0.717) is 12.5 Å². The minimum atomic E-state index is -0.677. The maximum Gasteiger partial charge on any atom is 0.306 e. The first kappa shape index (κ1) is 11.4. The van der Waals surface area contributed by atoms with Crippen molar-refractivity contribution in [2.45, 2.75) is 51.0 Å². The molecule has 16 heavy (non-hydrogen) atoms. The highest BCUT2D eigenvalue weighted by molar-refractivity contribution is 5.77. The molecule has 2 fully saturated rings. The number of amides is 1. The first-order valence-electron chi connectivity index (χ1n) is 6.21. The number of carbonyl (C=O) groups excluding carboxylic acids is 1. The smallest absolute Gasteiger partial charge is 0.306 e. The van der Waals surface area contributed by atoms with Crippen molar-refractivity contribution in [1.29, 1.82) is 0 Å². The van der Waals surface area contributed by atoms with Crippen LogP contribution in [-0.4, -0.2) is 34.5 Å². The number of likely N-dealkylation sites (tertiary alicyclic amines) is 1. The zero-order chi connectivity index (χ0) is 11.5. The first-order chi connectivity index (χ1) is 7.68. The topological polar surface area (TPSA) is 57.6 Å². The minimum absolute atomic E-state index is 0.184. The maximum atomic E-state index is 11.7. The number of hydrogen-bond donors (Lipinski definition) is 1. The zero-order valence-corrected chi connectivity index (χ0v) is 9.52. The van der Waals surface area contributed by atoms with Gasteiger partial charge < -0.3 is 10.0 Å². The van der Waals surface area contributed by atoms with Crippen LogP contribution < -0.4 is 0 Å². The molecule has 1 saturated heterocycles. The molecular formula is C12H19NO3. The van der Waals surface area contributed by atoms with Crippen molar-refractivity contribution in [3.8, 4) is 0 Å². The molecule has 1 saturated carbocycles. The summed E-state index contributed by atoms with van der Waals surface area (Å²) < 4.78 is 0. The highest BCUT2D eigenvalue weighted by Crippen LogP contribution is 2.29. The summed E-state index contributed by atoms with van der Waals surface area (Å²) in [5.41, 5.74) is 0. The van der Waals surface area contributed by atoms with Crippen molar-refractivity contribution in [2.24, 2.45) is 5.92 Å². The van der Waals surface area contributed by atoms with Crippen molar-refractivity contribution in [3.63, 3.8) is 0 Å². The van der Waals surface area contributed by atoms with Gasteiger partial charge in [0.15, 0.2) is 0 Å². The molecular weight excluding hydrogens is 206 g/mol. The van der Waals surface area contributed by atoms with Gasteiger partial charge in [0.2, 0.25) is 5.91 Å². The zero-order valence-electron chi connectivity index (χ0n) is 9.52. The Morgan fingerprint density at radius 3 is 2.44 bits per heavy atom. The van der Waals surface area contributed by atoms with Crippen LogP contribution in [0.3, 0.4) is 0 Å². The van der Waals surface area contributed by atoms with E-state index >= 15 is 0 Å². The van der Waals surface area contributed by atoms with Crippen LogP contribution in [0.15, 0.2) is 0 Å². The van der Waals surface area contributed by atoms with E-state index < -0.39 is 5.97 Å². The average molecular weight is 225 g/mol. The van der Waals surface area contributed by atoms with Gasteiger partial charge in [-0.15, -0.1) is 0 Å². The van der Waals surface area contributed by atoms with Crippen LogP contribution >= 0.6 is 0 Å². The van der Waals surface area contributed by atoms with Gasteiger partial charge in [-0.05, 0) is 38.5 Å². The largest absolute Gasteiger partial charge is 0.481 e. The molecule has 0 spiro atoms. The van der Waals surface area contributed by atoms with Crippen molar-refractivity contribution < 1.29 is 14.7 Å². The van der Waals surface area contributed by atoms with E-state index in [9.17, 15) is 9.59 Å². The predicted molar refractivity (Wildman–Crippen MR) is 58.9 cm³/mol. The Hall–Kier alpha value is -1.06. The van der Waals surface area contributed by atoms with Gasteiger partial charge in [-0.2, -0.15) is 0 Å². The summed E-state index contributed by atoms with van der Waals surface area (Å²) in [4.78, 5) is 24.5. The lowest BCUT2D eigenvalue weighted by atomic mass is 9.85. The van der Waals surface area contributed by atoms with Gasteiger partial charge in [0.05, 0.1) is 5.92 Å². The van der Waals surface area contributed by atoms with E-state index in [1.54, 1.807) is 0 Å². The number of carboxylic acid groups (broad SMARTS) is 1. The molecule has 2 rings (SSSR count). The summed E-state index contributed by atoms with van der Waals surface area (Å²) in [7, 11) is 0. The van der Waals surface area contributed by atoms with Crippen molar-refractivity contribution in [1.82, 2.24) is 4.90 Å². The number of carbonyl (C=O) groups is 2. The van der Waals surface area contributed by atoms with E-state index in [-0.39, 0.29) is 11.8 Å². The normalized spacial score (nSPS) is 31.5. The van der Waals surface area contributed by atoms with Gasteiger partial charge in [0.1, 0.15) is 0 Å². The number of hydrogen-bond acceptors (Lipinski definition) is 2. The van der Waals surface area contributed by atoms with Crippen LogP contribution in [0, 0.1) is 5.92 Å². The fourth-order valence-electron chi connectivity index (χ4n) is 2.85. The Kier molecular flexibility index (Phi) is 3.46. The molecule has 0 aromatic heterocycles. The van der Waals surface area contributed by atoms with Gasteiger partial charge in [0.25, 0.3) is 0 Å². The van der Waals surface area contributed by atoms with Gasteiger partial charge in [0, 0.05) is 19.0 Å². The quantitative estimate of drug-likeness (QED) is 0.777. The second-order valence-corrected chi connectivity index (χ2v) is 4.89. The molecule has 1 aliphatic carbocycles. The number of carboxylic acids is 1. The third-order valence-corrected chi connectivity index (χ3v) is 3.85. The van der Waals surface area contributed by atoms with Crippen LogP contribution in [0.1, 0.15) is 44.9 Å². The fourth-order valence-corrected chi connectivity index (χ4v) is 2.85. The fraction of sp³-hybridized carbons (Fsp3) is 0.833. The Morgan fingerprint density at radius 2 is 1.88 bits per heavy atom. The lowest BCUT2D eigenvalue weighted by molar-refractivity contribution is -0.143. The summed E-state index contributed by atoms with van der Waals surface area (Å²) >= 11 is 0. The third-order valence-electron chi connectivity index (χ3n) is 3.85. The SMILES string of the molecule is O=C(O)C1CCC(N2CCCCC2=O)CC1. The van der Waals surface area contributed by atoms with Crippen molar-refractivity contribution in [3.05, 3.63) is 0 Å². The second-order valence-electron chi connectivity index (χ2n) is 4.89. The number of piperidine rings is 1. The number of rotatable bonds is 2. The second kappa shape index (κ2) is 4.85. The highest BCUT2D eigenvalue weighted by Gasteiger charge is 2.32. The molecule has 0 aromatic rings. The van der Waals surface area contributed by atoms with E-state index in [4.69, 9.17) is 5.11 Å². The first-order valence-corrected chi connectivity index (χ1v) is 6.21. The molecule has 1 N–H and O–H groups in total. The summed E-state index contributed by atoms with van der Waals surface area (Å²) in [6.07, 6.45) is 5.97. The summed E-state index contributed by atoms with van der Waals surface area (Å²) in [5, 5.41) is 8.91. The van der Waals surface area contributed by atoms with E-state index in [1.165, 1.54) is 0 Å². The molecule has 0 unspecified atom stereocenters. The van der Waals surface area contributed by atoms with Crippen molar-refractivity contribution >= 4 is 11.9 Å². The molecule has 1 amide bonds. The molecule has 2 aliphatic rings. The Bertz CT molecular complexity index is 282. The monoisotopic (exact) mass is 225 g/mol. The molecule has 0 atom stereocenters. The van der Waals surface area contributed by atoms with E-state index in [0.717, 1.165) is 45.1 Å². The standard InChI is InChI=1S/C12H19NO3/c14-11-3-1-2-8-13(11)10-6-4-9(5-7-10)12(15)16/h9-10H,1-8H2,(H,15,16). The third kappa shape index (κ3) is 2.36. The Balaban J connectivity index is 1.88. The van der Waals surface area contributed by atoms with Crippen molar-refractivity contribution in [2.75, 3.05) is 6.54 Å². The maximum absolute atomic E-state index is 11.7. The summed E-state index contributed by atoms with van der Waals surface area (Å²) in [6, 6.07) is 0.309. The summed E-state index contributed by atoms with van der Waals surface area (Å²) in [5.74, 6) is -0.593. The van der Waals surface area contributed by atoms with Crippen LogP contribution in [0.4, 0.5) is 0 Å². The predicted octanol–water partition coefficient (Wildman–Crippen LogP) is 1.64. The van der Waals surface area contributed by atoms with Crippen LogP contribution in [0.2, 0.25) is 0 Å². The Morgan fingerprint density at radius 1 is 1.19 bits per heavy atom. The van der Waals surface area contributed by atoms with Crippen LogP contribution in [0.25, 0.3) is 0 Å². The molecule has 4 nitrogen and oxygen atoms in total. The van der Waals surface area contributed by atoms with Crippen LogP contribution in [-0.2, 0) is 9.59 Å². The van der Waals surface area contributed by atoms with Gasteiger partial charge in [-0.25, -0.2) is 0 Å². The molecule has 90 valence electrons.